The summed E-state index contributed by atoms with van der Waals surface area (Å²) in [5.41, 5.74) is 2.71. The van der Waals surface area contributed by atoms with Crippen LogP contribution < -0.4 is 10.1 Å². The van der Waals surface area contributed by atoms with E-state index in [1.165, 1.54) is 18.4 Å². The van der Waals surface area contributed by atoms with Crippen LogP contribution >= 0.6 is 11.6 Å². The summed E-state index contributed by atoms with van der Waals surface area (Å²) in [6, 6.07) is 12.5. The van der Waals surface area contributed by atoms with E-state index in [1.807, 2.05) is 24.4 Å². The molecule has 0 bridgehead atoms. The Morgan fingerprint density at radius 3 is 2.79 bits per heavy atom. The lowest BCUT2D eigenvalue weighted by molar-refractivity contribution is -0.122. The highest BCUT2D eigenvalue weighted by Crippen LogP contribution is 2.45. The van der Waals surface area contributed by atoms with Gasteiger partial charge in [-0.2, -0.15) is 5.10 Å². The third kappa shape index (κ3) is 3.60. The fraction of sp³-hybridized carbons (Fsp3) is 0.462. The van der Waals surface area contributed by atoms with Crippen molar-refractivity contribution in [3.63, 3.8) is 0 Å². The molecule has 1 amide bonds. The van der Waals surface area contributed by atoms with Crippen LogP contribution in [0, 0.1) is 5.92 Å². The molecule has 0 radical (unpaired) electrons. The second kappa shape index (κ2) is 8.03. The Labute approximate surface area is 198 Å². The van der Waals surface area contributed by atoms with E-state index in [0.29, 0.717) is 17.7 Å². The first kappa shape index (κ1) is 21.0. The summed E-state index contributed by atoms with van der Waals surface area (Å²) in [5.74, 6) is 1.80. The lowest BCUT2D eigenvalue weighted by atomic mass is 9.73. The van der Waals surface area contributed by atoms with Gasteiger partial charge >= 0.3 is 0 Å². The van der Waals surface area contributed by atoms with Gasteiger partial charge in [-0.3, -0.25) is 14.4 Å². The van der Waals surface area contributed by atoms with E-state index in [9.17, 15) is 4.79 Å². The molecule has 1 aliphatic carbocycles. The maximum Gasteiger partial charge on any atom is 0.235 e. The van der Waals surface area contributed by atoms with Gasteiger partial charge < -0.3 is 10.1 Å². The van der Waals surface area contributed by atoms with Crippen molar-refractivity contribution in [2.75, 3.05) is 31.6 Å². The topological polar surface area (TPSA) is 59.4 Å². The van der Waals surface area contributed by atoms with Crippen LogP contribution in [0.4, 0.5) is 5.69 Å². The highest BCUT2D eigenvalue weighted by molar-refractivity contribution is 6.31. The first-order valence-electron chi connectivity index (χ1n) is 12.0. The fourth-order valence-electron chi connectivity index (χ4n) is 5.80. The van der Waals surface area contributed by atoms with Crippen molar-refractivity contribution in [1.29, 1.82) is 0 Å². The average Bonchev–Trinajstić information content (AvgIpc) is 3.32. The Balaban J connectivity index is 1.05. The summed E-state index contributed by atoms with van der Waals surface area (Å²) in [5, 5.41) is 9.49. The van der Waals surface area contributed by atoms with Crippen molar-refractivity contribution < 1.29 is 9.53 Å². The molecular formula is C26H29ClN4O2. The number of benzene rings is 2. The van der Waals surface area contributed by atoms with Crippen molar-refractivity contribution in [2.45, 2.75) is 44.1 Å². The molecule has 3 aliphatic rings. The van der Waals surface area contributed by atoms with Crippen molar-refractivity contribution in [2.24, 2.45) is 5.92 Å². The van der Waals surface area contributed by atoms with Crippen LogP contribution in [0.2, 0.25) is 5.02 Å². The van der Waals surface area contributed by atoms with Gasteiger partial charge in [-0.25, -0.2) is 0 Å². The minimum absolute atomic E-state index is 0.112. The Bertz CT molecular complexity index is 1210. The number of likely N-dealkylation sites (tertiary alicyclic amines) is 1. The zero-order valence-corrected chi connectivity index (χ0v) is 19.6. The van der Waals surface area contributed by atoms with Crippen LogP contribution in [0.3, 0.4) is 0 Å². The summed E-state index contributed by atoms with van der Waals surface area (Å²) in [7, 11) is 0. The molecule has 2 aliphatic heterocycles. The fourth-order valence-corrected chi connectivity index (χ4v) is 5.98. The second-order valence-electron chi connectivity index (χ2n) is 9.96. The SMILES string of the molecule is C[C@H]1C[C@H](n2ncc3cc(OCCN4CCC5(CC4)C(=O)Nc4ccc(Cl)cc45)ccc32)C1. The lowest BCUT2D eigenvalue weighted by Crippen LogP contribution is -2.47. The normalized spacial score (nSPS) is 24.0. The molecule has 6 nitrogen and oxygen atoms in total. The van der Waals surface area contributed by atoms with Gasteiger partial charge in [0.2, 0.25) is 5.91 Å². The number of rotatable bonds is 5. The zero-order valence-electron chi connectivity index (χ0n) is 18.9. The van der Waals surface area contributed by atoms with E-state index < -0.39 is 5.41 Å². The number of nitrogens with one attached hydrogen (secondary N) is 1. The molecule has 3 aromatic rings. The van der Waals surface area contributed by atoms with Crippen LogP contribution in [0.15, 0.2) is 42.6 Å². The molecule has 33 heavy (non-hydrogen) atoms. The average molecular weight is 465 g/mol. The van der Waals surface area contributed by atoms with Gasteiger partial charge in [-0.05, 0) is 86.7 Å². The maximum atomic E-state index is 12.8. The molecule has 1 saturated heterocycles. The number of aromatic nitrogens is 2. The largest absolute Gasteiger partial charge is 0.492 e. The van der Waals surface area contributed by atoms with Crippen molar-refractivity contribution in [1.82, 2.24) is 14.7 Å². The smallest absolute Gasteiger partial charge is 0.235 e. The van der Waals surface area contributed by atoms with Gasteiger partial charge in [0, 0.05) is 22.6 Å². The van der Waals surface area contributed by atoms with Crippen molar-refractivity contribution in [3.05, 3.63) is 53.2 Å². The molecule has 6 rings (SSSR count). The molecule has 1 saturated carbocycles. The number of amides is 1. The number of halogens is 1. The van der Waals surface area contributed by atoms with Gasteiger partial charge in [0.15, 0.2) is 0 Å². The molecule has 2 aromatic carbocycles. The van der Waals surface area contributed by atoms with Crippen LogP contribution in [-0.2, 0) is 10.2 Å². The number of nitrogens with zero attached hydrogens (tertiary/aromatic N) is 3. The summed E-state index contributed by atoms with van der Waals surface area (Å²) >= 11 is 6.23. The van der Waals surface area contributed by atoms with Crippen molar-refractivity contribution in [3.8, 4) is 5.75 Å². The molecular weight excluding hydrogens is 436 g/mol. The van der Waals surface area contributed by atoms with E-state index in [1.54, 1.807) is 0 Å². The highest BCUT2D eigenvalue weighted by atomic mass is 35.5. The number of hydrogen-bond donors (Lipinski definition) is 1. The van der Waals surface area contributed by atoms with Crippen LogP contribution in [0.5, 0.6) is 5.75 Å². The van der Waals surface area contributed by atoms with Gasteiger partial charge in [0.05, 0.1) is 23.2 Å². The molecule has 1 spiro atoms. The van der Waals surface area contributed by atoms with E-state index >= 15 is 0 Å². The van der Waals surface area contributed by atoms with Crippen LogP contribution in [0.25, 0.3) is 10.9 Å². The third-order valence-corrected chi connectivity index (χ3v) is 8.06. The zero-order chi connectivity index (χ0) is 22.6. The minimum Gasteiger partial charge on any atom is -0.492 e. The number of carbonyl (C=O) groups is 1. The molecule has 2 fully saturated rings. The number of fused-ring (bicyclic) bond motifs is 3. The van der Waals surface area contributed by atoms with Crippen molar-refractivity contribution >= 4 is 34.1 Å². The summed E-state index contributed by atoms with van der Waals surface area (Å²) in [6.45, 7) is 5.51. The predicted molar refractivity (Wildman–Crippen MR) is 130 cm³/mol. The molecule has 0 unspecified atom stereocenters. The summed E-state index contributed by atoms with van der Waals surface area (Å²) in [6.07, 6.45) is 5.99. The first-order valence-corrected chi connectivity index (χ1v) is 12.3. The Morgan fingerprint density at radius 1 is 1.18 bits per heavy atom. The van der Waals surface area contributed by atoms with E-state index in [0.717, 1.165) is 60.8 Å². The highest BCUT2D eigenvalue weighted by Gasteiger charge is 2.48. The van der Waals surface area contributed by atoms with Crippen LogP contribution in [-0.4, -0.2) is 46.8 Å². The minimum atomic E-state index is -0.443. The number of carbonyl (C=O) groups excluding carboxylic acids is 1. The first-order chi connectivity index (χ1) is 16.0. The van der Waals surface area contributed by atoms with Gasteiger partial charge in [-0.1, -0.05) is 18.5 Å². The molecule has 3 heterocycles. The standard InChI is InChI=1S/C26H29ClN4O2/c1-17-12-20(13-17)31-24-5-3-21(14-18(24)16-28-31)33-11-10-30-8-6-26(7-9-30)22-15-19(27)2-4-23(22)29-25(26)32/h2-5,14-17,20H,6-13H2,1H3,(H,29,32)/t17-,20-. The number of anilines is 1. The number of ether oxygens (including phenoxy) is 1. The molecule has 1 N–H and O–H groups in total. The molecule has 0 atom stereocenters. The van der Waals surface area contributed by atoms with Gasteiger partial charge in [0.25, 0.3) is 0 Å². The number of piperidine rings is 1. The Morgan fingerprint density at radius 2 is 2.00 bits per heavy atom. The second-order valence-corrected chi connectivity index (χ2v) is 10.4. The van der Waals surface area contributed by atoms with E-state index in [-0.39, 0.29) is 5.91 Å². The lowest BCUT2D eigenvalue weighted by Gasteiger charge is -2.38. The van der Waals surface area contributed by atoms with E-state index in [2.05, 4.69) is 45.1 Å². The van der Waals surface area contributed by atoms with Gasteiger partial charge in [0.1, 0.15) is 12.4 Å². The molecule has 172 valence electrons. The monoisotopic (exact) mass is 464 g/mol. The number of hydrogen-bond acceptors (Lipinski definition) is 4. The Kier molecular flexibility index (Phi) is 5.11. The van der Waals surface area contributed by atoms with E-state index in [4.69, 9.17) is 16.3 Å². The molecule has 1 aromatic heterocycles. The third-order valence-electron chi connectivity index (χ3n) is 7.83. The Hall–Kier alpha value is -2.57. The van der Waals surface area contributed by atoms with Crippen LogP contribution in [0.1, 0.15) is 44.2 Å². The van der Waals surface area contributed by atoms with Gasteiger partial charge in [-0.15, -0.1) is 0 Å². The maximum absolute atomic E-state index is 12.8. The predicted octanol–water partition coefficient (Wildman–Crippen LogP) is 5.03. The molecule has 7 heteroatoms. The summed E-state index contributed by atoms with van der Waals surface area (Å²) in [4.78, 5) is 15.2. The summed E-state index contributed by atoms with van der Waals surface area (Å²) < 4.78 is 8.25. The quantitative estimate of drug-likeness (QED) is 0.575.